The lowest BCUT2D eigenvalue weighted by atomic mass is 9.80. The lowest BCUT2D eigenvalue weighted by Crippen LogP contribution is -2.59. The first-order valence-corrected chi connectivity index (χ1v) is 11.1. The second kappa shape index (κ2) is 8.58. The van der Waals surface area contributed by atoms with Crippen LogP contribution in [0.1, 0.15) is 43.2 Å². The molecule has 5 nitrogen and oxygen atoms in total. The summed E-state index contributed by atoms with van der Waals surface area (Å²) in [5.41, 5.74) is 7.05. The van der Waals surface area contributed by atoms with Crippen molar-refractivity contribution in [2.24, 2.45) is 5.73 Å². The lowest BCUT2D eigenvalue weighted by molar-refractivity contribution is -0.134. The Morgan fingerprint density at radius 1 is 1.10 bits per heavy atom. The number of fused-ring (bicyclic) bond motifs is 1. The van der Waals surface area contributed by atoms with Crippen LogP contribution in [0.5, 0.6) is 0 Å². The maximum Gasteiger partial charge on any atom is 0.249 e. The number of amides is 2. The van der Waals surface area contributed by atoms with Crippen LogP contribution in [-0.4, -0.2) is 29.3 Å². The summed E-state index contributed by atoms with van der Waals surface area (Å²) in [7, 11) is 0. The van der Waals surface area contributed by atoms with Crippen molar-refractivity contribution in [3.63, 3.8) is 0 Å². The van der Waals surface area contributed by atoms with Crippen LogP contribution in [0.25, 0.3) is 0 Å². The number of carbonyl (C=O) groups is 2. The van der Waals surface area contributed by atoms with Crippen molar-refractivity contribution in [2.45, 2.75) is 50.1 Å². The molecule has 1 atom stereocenters. The molecule has 0 saturated heterocycles. The summed E-state index contributed by atoms with van der Waals surface area (Å²) < 4.78 is 0. The third kappa shape index (κ3) is 3.94. The summed E-state index contributed by atoms with van der Waals surface area (Å²) in [6.45, 7) is 0.0146. The molecule has 1 unspecified atom stereocenters. The molecule has 0 bridgehead atoms. The molecule has 1 fully saturated rings. The van der Waals surface area contributed by atoms with E-state index < -0.39 is 11.4 Å². The van der Waals surface area contributed by atoms with E-state index in [2.05, 4.69) is 5.32 Å². The number of hydrogen-bond donors (Lipinski definition) is 2. The Balaban J connectivity index is 1.88. The highest BCUT2D eigenvalue weighted by Gasteiger charge is 2.53. The van der Waals surface area contributed by atoms with Gasteiger partial charge in [0.25, 0.3) is 0 Å². The fourth-order valence-corrected chi connectivity index (χ4v) is 5.35. The highest BCUT2D eigenvalue weighted by atomic mass is 35.5. The van der Waals surface area contributed by atoms with Crippen molar-refractivity contribution in [3.05, 3.63) is 63.6 Å². The van der Waals surface area contributed by atoms with E-state index in [0.717, 1.165) is 36.8 Å². The van der Waals surface area contributed by atoms with Crippen molar-refractivity contribution in [2.75, 3.05) is 11.9 Å². The number of anilines is 1. The largest absolute Gasteiger partial charge is 0.369 e. The Hall–Kier alpha value is -2.08. The number of nitrogens with one attached hydrogen (secondary N) is 1. The summed E-state index contributed by atoms with van der Waals surface area (Å²) >= 11 is 12.4. The van der Waals surface area contributed by atoms with Gasteiger partial charge in [-0.05, 0) is 42.7 Å². The van der Waals surface area contributed by atoms with E-state index >= 15 is 0 Å². The van der Waals surface area contributed by atoms with Crippen LogP contribution < -0.4 is 11.1 Å². The molecule has 1 aliphatic heterocycles. The minimum Gasteiger partial charge on any atom is -0.369 e. The van der Waals surface area contributed by atoms with Gasteiger partial charge in [0.05, 0.1) is 6.54 Å². The Morgan fingerprint density at radius 3 is 2.53 bits per heavy atom. The number of rotatable bonds is 6. The predicted octanol–water partition coefficient (Wildman–Crippen LogP) is 4.50. The van der Waals surface area contributed by atoms with Gasteiger partial charge in [-0.15, -0.1) is 0 Å². The molecular formula is C23H25Cl2N3O2. The number of halogens is 2. The Kier molecular flexibility index (Phi) is 6.05. The van der Waals surface area contributed by atoms with Gasteiger partial charge in [-0.25, -0.2) is 0 Å². The first-order valence-electron chi connectivity index (χ1n) is 10.3. The fraction of sp³-hybridized carbons (Fsp3) is 0.391. The van der Waals surface area contributed by atoms with Crippen molar-refractivity contribution in [1.29, 1.82) is 0 Å². The Morgan fingerprint density at radius 2 is 1.83 bits per heavy atom. The second-order valence-corrected chi connectivity index (χ2v) is 9.07. The molecule has 2 aliphatic rings. The number of primary amides is 1. The van der Waals surface area contributed by atoms with Crippen molar-refractivity contribution >= 4 is 40.7 Å². The third-order valence-corrected chi connectivity index (χ3v) is 6.70. The Labute approximate surface area is 186 Å². The summed E-state index contributed by atoms with van der Waals surface area (Å²) in [5.74, 6) is -0.604. The SMILES string of the molecule is NC(=O)CN(C1CCCCC1)C1(Cc2cccc(Cl)c2)C(=O)Nc2cc(Cl)ccc21. The monoisotopic (exact) mass is 445 g/mol. The molecule has 158 valence electrons. The van der Waals surface area contributed by atoms with E-state index in [-0.39, 0.29) is 18.5 Å². The molecule has 1 saturated carbocycles. The average Bonchev–Trinajstić information content (AvgIpc) is 2.98. The Bertz CT molecular complexity index is 975. The molecule has 0 radical (unpaired) electrons. The van der Waals surface area contributed by atoms with E-state index in [4.69, 9.17) is 28.9 Å². The fourth-order valence-electron chi connectivity index (χ4n) is 4.97. The van der Waals surface area contributed by atoms with Crippen molar-refractivity contribution < 1.29 is 9.59 Å². The van der Waals surface area contributed by atoms with Crippen LogP contribution in [0.4, 0.5) is 5.69 Å². The van der Waals surface area contributed by atoms with E-state index in [0.29, 0.717) is 22.2 Å². The molecule has 2 aromatic carbocycles. The van der Waals surface area contributed by atoms with Gasteiger partial charge in [0.15, 0.2) is 0 Å². The van der Waals surface area contributed by atoms with E-state index in [1.165, 1.54) is 6.42 Å². The molecule has 2 amide bonds. The van der Waals surface area contributed by atoms with Gasteiger partial charge < -0.3 is 11.1 Å². The van der Waals surface area contributed by atoms with Crippen LogP contribution in [-0.2, 0) is 21.5 Å². The number of nitrogens with zero attached hydrogens (tertiary/aromatic N) is 1. The quantitative estimate of drug-likeness (QED) is 0.686. The van der Waals surface area contributed by atoms with Crippen LogP contribution in [0, 0.1) is 0 Å². The van der Waals surface area contributed by atoms with E-state index in [9.17, 15) is 9.59 Å². The van der Waals surface area contributed by atoms with Gasteiger partial charge in [-0.3, -0.25) is 14.5 Å². The van der Waals surface area contributed by atoms with Gasteiger partial charge in [-0.2, -0.15) is 0 Å². The molecule has 30 heavy (non-hydrogen) atoms. The van der Waals surface area contributed by atoms with Crippen LogP contribution in [0.15, 0.2) is 42.5 Å². The van der Waals surface area contributed by atoms with Gasteiger partial charge in [-0.1, -0.05) is 60.7 Å². The molecule has 4 rings (SSSR count). The summed E-state index contributed by atoms with van der Waals surface area (Å²) in [6.07, 6.45) is 5.56. The molecule has 2 aromatic rings. The second-order valence-electron chi connectivity index (χ2n) is 8.20. The summed E-state index contributed by atoms with van der Waals surface area (Å²) in [5, 5.41) is 4.16. The first kappa shape index (κ1) is 21.2. The molecule has 3 N–H and O–H groups in total. The zero-order valence-corrected chi connectivity index (χ0v) is 18.2. The van der Waals surface area contributed by atoms with E-state index in [1.807, 2.05) is 35.2 Å². The molecule has 1 heterocycles. The van der Waals surface area contributed by atoms with Crippen molar-refractivity contribution in [3.8, 4) is 0 Å². The highest BCUT2D eigenvalue weighted by Crippen LogP contribution is 2.46. The van der Waals surface area contributed by atoms with Gasteiger partial charge >= 0.3 is 0 Å². The molecule has 0 spiro atoms. The zero-order valence-electron chi connectivity index (χ0n) is 16.7. The number of hydrogen-bond acceptors (Lipinski definition) is 3. The maximum atomic E-state index is 13.6. The predicted molar refractivity (Wildman–Crippen MR) is 120 cm³/mol. The van der Waals surface area contributed by atoms with Gasteiger partial charge in [0.2, 0.25) is 11.8 Å². The maximum absolute atomic E-state index is 13.6. The van der Waals surface area contributed by atoms with Crippen LogP contribution in [0.3, 0.4) is 0 Å². The minimum absolute atomic E-state index is 0.0146. The molecule has 0 aromatic heterocycles. The average molecular weight is 446 g/mol. The molecule has 1 aliphatic carbocycles. The summed E-state index contributed by atoms with van der Waals surface area (Å²) in [4.78, 5) is 27.8. The topological polar surface area (TPSA) is 75.4 Å². The lowest BCUT2D eigenvalue weighted by Gasteiger charge is -2.45. The first-order chi connectivity index (χ1) is 14.4. The normalized spacial score (nSPS) is 21.5. The van der Waals surface area contributed by atoms with Gasteiger partial charge in [0.1, 0.15) is 5.54 Å². The van der Waals surface area contributed by atoms with Crippen LogP contribution >= 0.6 is 23.2 Å². The summed E-state index contributed by atoms with van der Waals surface area (Å²) in [6, 6.07) is 13.0. The smallest absolute Gasteiger partial charge is 0.249 e. The number of carbonyl (C=O) groups excluding carboxylic acids is 2. The third-order valence-electron chi connectivity index (χ3n) is 6.23. The van der Waals surface area contributed by atoms with Gasteiger partial charge in [0, 0.05) is 33.8 Å². The molecular weight excluding hydrogens is 421 g/mol. The highest BCUT2D eigenvalue weighted by molar-refractivity contribution is 6.31. The molecule has 7 heteroatoms. The zero-order chi connectivity index (χ0) is 21.3. The van der Waals surface area contributed by atoms with Crippen molar-refractivity contribution in [1.82, 2.24) is 4.90 Å². The van der Waals surface area contributed by atoms with E-state index in [1.54, 1.807) is 12.1 Å². The van der Waals surface area contributed by atoms with Crippen LogP contribution in [0.2, 0.25) is 10.0 Å². The standard InChI is InChI=1S/C23H25Cl2N3O2/c24-16-6-4-5-15(11-16)13-23(19-10-9-17(25)12-20(19)27-22(23)30)28(14-21(26)29)18-7-2-1-3-8-18/h4-6,9-12,18H,1-3,7-8,13-14H2,(H2,26,29)(H,27,30). The number of benzene rings is 2. The number of nitrogens with two attached hydrogens (primary N) is 1. The minimum atomic E-state index is -1.05.